The summed E-state index contributed by atoms with van der Waals surface area (Å²) in [5.41, 5.74) is 5.33. The first-order chi connectivity index (χ1) is 7.24. The fourth-order valence-corrected chi connectivity index (χ4v) is 2.30. The van der Waals surface area contributed by atoms with E-state index in [2.05, 4.69) is 5.32 Å². The van der Waals surface area contributed by atoms with Crippen LogP contribution in [0.4, 0.5) is 0 Å². The SMILES string of the molecule is CO[Si](OC)(OC)OCCCNCCN. The van der Waals surface area contributed by atoms with Gasteiger partial charge in [-0.1, -0.05) is 0 Å². The molecule has 0 atom stereocenters. The van der Waals surface area contributed by atoms with Crippen molar-refractivity contribution in [1.29, 1.82) is 0 Å². The Balaban J connectivity index is 3.54. The summed E-state index contributed by atoms with van der Waals surface area (Å²) in [7, 11) is 1.72. The Labute approximate surface area is 92.5 Å². The topological polar surface area (TPSA) is 75.0 Å². The molecule has 0 rings (SSSR count). The highest BCUT2D eigenvalue weighted by Crippen LogP contribution is 2.07. The third kappa shape index (κ3) is 6.20. The maximum absolute atomic E-state index is 5.46. The molecular formula is C8H22N2O4Si. The van der Waals surface area contributed by atoms with Gasteiger partial charge >= 0.3 is 9.05 Å². The van der Waals surface area contributed by atoms with E-state index in [9.17, 15) is 0 Å². The van der Waals surface area contributed by atoms with Gasteiger partial charge in [0.15, 0.2) is 0 Å². The summed E-state index contributed by atoms with van der Waals surface area (Å²) in [6.07, 6.45) is 0.866. The molecule has 7 heteroatoms. The molecule has 0 saturated carbocycles. The van der Waals surface area contributed by atoms with Crippen LogP contribution in [-0.4, -0.2) is 56.6 Å². The normalized spacial score (nSPS) is 12.0. The van der Waals surface area contributed by atoms with E-state index < -0.39 is 9.05 Å². The van der Waals surface area contributed by atoms with E-state index in [1.165, 1.54) is 21.3 Å². The molecule has 0 saturated heterocycles. The summed E-state index contributed by atoms with van der Waals surface area (Å²) >= 11 is 0. The van der Waals surface area contributed by atoms with Crippen molar-refractivity contribution >= 4 is 9.05 Å². The van der Waals surface area contributed by atoms with E-state index in [0.29, 0.717) is 13.2 Å². The molecule has 0 aromatic rings. The van der Waals surface area contributed by atoms with Crippen molar-refractivity contribution < 1.29 is 17.7 Å². The van der Waals surface area contributed by atoms with E-state index in [0.717, 1.165) is 19.5 Å². The van der Waals surface area contributed by atoms with Gasteiger partial charge in [0.1, 0.15) is 0 Å². The molecule has 0 aromatic heterocycles. The molecule has 0 amide bonds. The van der Waals surface area contributed by atoms with Crippen LogP contribution in [0, 0.1) is 0 Å². The number of rotatable bonds is 10. The highest BCUT2D eigenvalue weighted by molar-refractivity contribution is 6.53. The van der Waals surface area contributed by atoms with Crippen molar-refractivity contribution in [1.82, 2.24) is 5.32 Å². The average Bonchev–Trinajstić information content (AvgIpc) is 2.29. The molecular weight excluding hydrogens is 216 g/mol. The van der Waals surface area contributed by atoms with Crippen LogP contribution in [0.1, 0.15) is 6.42 Å². The molecule has 0 heterocycles. The van der Waals surface area contributed by atoms with Crippen LogP contribution < -0.4 is 11.1 Å². The Morgan fingerprint density at radius 3 is 2.13 bits per heavy atom. The highest BCUT2D eigenvalue weighted by Gasteiger charge is 2.41. The quantitative estimate of drug-likeness (QED) is 0.388. The standard InChI is InChI=1S/C8H22N2O4Si/c1-11-15(12-2,13-3)14-8-4-6-10-7-5-9/h10H,4-9H2,1-3H3. The van der Waals surface area contributed by atoms with E-state index >= 15 is 0 Å². The molecule has 0 bridgehead atoms. The van der Waals surface area contributed by atoms with Crippen LogP contribution in [0.2, 0.25) is 0 Å². The predicted molar refractivity (Wildman–Crippen MR) is 59.3 cm³/mol. The van der Waals surface area contributed by atoms with Crippen LogP contribution in [-0.2, 0) is 17.7 Å². The zero-order chi connectivity index (χ0) is 11.6. The number of nitrogens with two attached hydrogens (primary N) is 1. The summed E-state index contributed by atoms with van der Waals surface area (Å²) in [6.45, 7) is 2.87. The minimum absolute atomic E-state index is 0.541. The maximum atomic E-state index is 5.46. The number of hydrogen-bond donors (Lipinski definition) is 2. The van der Waals surface area contributed by atoms with E-state index in [1.807, 2.05) is 0 Å². The van der Waals surface area contributed by atoms with Crippen molar-refractivity contribution in [3.8, 4) is 0 Å². The fourth-order valence-electron chi connectivity index (χ4n) is 1.05. The van der Waals surface area contributed by atoms with Gasteiger partial charge in [-0.25, -0.2) is 0 Å². The average molecular weight is 238 g/mol. The van der Waals surface area contributed by atoms with Crippen LogP contribution in [0.5, 0.6) is 0 Å². The second-order valence-electron chi connectivity index (χ2n) is 2.85. The van der Waals surface area contributed by atoms with Crippen molar-refractivity contribution in [2.45, 2.75) is 6.42 Å². The van der Waals surface area contributed by atoms with Crippen LogP contribution in [0.15, 0.2) is 0 Å². The Kier molecular flexibility index (Phi) is 9.21. The lowest BCUT2D eigenvalue weighted by Crippen LogP contribution is -2.46. The lowest BCUT2D eigenvalue weighted by molar-refractivity contribution is 0.00549. The lowest BCUT2D eigenvalue weighted by atomic mass is 10.4. The summed E-state index contributed by atoms with van der Waals surface area (Å²) in [5, 5.41) is 3.16. The summed E-state index contributed by atoms with van der Waals surface area (Å²) < 4.78 is 20.7. The molecule has 0 aliphatic rings. The van der Waals surface area contributed by atoms with E-state index in [1.54, 1.807) is 0 Å². The largest absolute Gasteiger partial charge is 0.678 e. The van der Waals surface area contributed by atoms with Gasteiger partial charge in [-0.3, -0.25) is 0 Å². The second-order valence-corrected chi connectivity index (χ2v) is 5.37. The molecule has 0 unspecified atom stereocenters. The second kappa shape index (κ2) is 9.22. The Bertz CT molecular complexity index is 138. The van der Waals surface area contributed by atoms with Gasteiger partial charge < -0.3 is 28.8 Å². The van der Waals surface area contributed by atoms with Crippen LogP contribution >= 0.6 is 0 Å². The van der Waals surface area contributed by atoms with Crippen molar-refractivity contribution in [2.75, 3.05) is 47.6 Å². The van der Waals surface area contributed by atoms with Gasteiger partial charge in [0.2, 0.25) is 0 Å². The zero-order valence-electron chi connectivity index (χ0n) is 9.75. The Morgan fingerprint density at radius 2 is 1.67 bits per heavy atom. The molecule has 92 valence electrons. The fraction of sp³-hybridized carbons (Fsp3) is 1.00. The predicted octanol–water partition coefficient (Wildman–Crippen LogP) is -0.684. The lowest BCUT2D eigenvalue weighted by Gasteiger charge is -2.22. The minimum Gasteiger partial charge on any atom is -0.355 e. The zero-order valence-corrected chi connectivity index (χ0v) is 10.7. The van der Waals surface area contributed by atoms with Gasteiger partial charge in [0.05, 0.1) is 0 Å². The molecule has 3 N–H and O–H groups in total. The molecule has 0 fully saturated rings. The molecule has 0 aliphatic carbocycles. The van der Waals surface area contributed by atoms with Gasteiger partial charge in [-0.15, -0.1) is 0 Å². The molecule has 0 spiro atoms. The Hall–Kier alpha value is -0.0231. The minimum atomic E-state index is -2.84. The summed E-state index contributed by atoms with van der Waals surface area (Å²) in [6, 6.07) is 0. The summed E-state index contributed by atoms with van der Waals surface area (Å²) in [5.74, 6) is 0. The van der Waals surface area contributed by atoms with Crippen LogP contribution in [0.3, 0.4) is 0 Å². The Morgan fingerprint density at radius 1 is 1.07 bits per heavy atom. The van der Waals surface area contributed by atoms with Gasteiger partial charge in [0.25, 0.3) is 0 Å². The maximum Gasteiger partial charge on any atom is 0.678 e. The van der Waals surface area contributed by atoms with Gasteiger partial charge in [-0.2, -0.15) is 0 Å². The van der Waals surface area contributed by atoms with E-state index in [4.69, 9.17) is 23.4 Å². The van der Waals surface area contributed by atoms with Crippen LogP contribution in [0.25, 0.3) is 0 Å². The highest BCUT2D eigenvalue weighted by atomic mass is 28.4. The molecule has 0 aliphatic heterocycles. The van der Waals surface area contributed by atoms with Gasteiger partial charge in [0, 0.05) is 41.0 Å². The van der Waals surface area contributed by atoms with Crippen molar-refractivity contribution in [2.24, 2.45) is 5.73 Å². The monoisotopic (exact) mass is 238 g/mol. The molecule has 6 nitrogen and oxygen atoms in total. The first kappa shape index (κ1) is 15.0. The van der Waals surface area contributed by atoms with E-state index in [-0.39, 0.29) is 0 Å². The van der Waals surface area contributed by atoms with Gasteiger partial charge in [-0.05, 0) is 13.0 Å². The third-order valence-corrected chi connectivity index (χ3v) is 3.91. The smallest absolute Gasteiger partial charge is 0.355 e. The van der Waals surface area contributed by atoms with Crippen molar-refractivity contribution in [3.63, 3.8) is 0 Å². The summed E-state index contributed by atoms with van der Waals surface area (Å²) in [4.78, 5) is 0. The number of hydrogen-bond acceptors (Lipinski definition) is 6. The molecule has 0 aromatic carbocycles. The van der Waals surface area contributed by atoms with Crippen molar-refractivity contribution in [3.05, 3.63) is 0 Å². The first-order valence-corrected chi connectivity index (χ1v) is 6.58. The third-order valence-electron chi connectivity index (χ3n) is 1.85. The molecule has 0 radical (unpaired) electrons. The number of nitrogens with one attached hydrogen (secondary N) is 1. The molecule has 15 heavy (non-hydrogen) atoms. The first-order valence-electron chi connectivity index (χ1n) is 4.95.